The standard InChI is InChI=1S/C10H17N3/c1-7(2)13-10-9(8(3)12-13)5-4-6-11-10/h7,11H,4-6H2,1-3H3. The number of anilines is 1. The van der Waals surface area contributed by atoms with Gasteiger partial charge in [-0.3, -0.25) is 0 Å². The molecule has 3 nitrogen and oxygen atoms in total. The zero-order valence-corrected chi connectivity index (χ0v) is 8.59. The molecule has 2 heterocycles. The minimum Gasteiger partial charge on any atom is -0.370 e. The zero-order chi connectivity index (χ0) is 9.42. The van der Waals surface area contributed by atoms with Crippen molar-refractivity contribution in [2.75, 3.05) is 11.9 Å². The summed E-state index contributed by atoms with van der Waals surface area (Å²) in [5.74, 6) is 1.25. The molecule has 0 aliphatic carbocycles. The minimum absolute atomic E-state index is 0.452. The molecule has 0 radical (unpaired) electrons. The van der Waals surface area contributed by atoms with Crippen molar-refractivity contribution in [1.29, 1.82) is 0 Å². The average molecular weight is 179 g/mol. The maximum absolute atomic E-state index is 4.55. The number of hydrogen-bond acceptors (Lipinski definition) is 2. The highest BCUT2D eigenvalue weighted by molar-refractivity contribution is 5.49. The van der Waals surface area contributed by atoms with Crippen LogP contribution in [0.3, 0.4) is 0 Å². The molecule has 3 heteroatoms. The molecular weight excluding hydrogens is 162 g/mol. The topological polar surface area (TPSA) is 29.9 Å². The Balaban J connectivity index is 2.47. The third kappa shape index (κ3) is 1.32. The molecule has 1 aliphatic heterocycles. The Morgan fingerprint density at radius 2 is 2.23 bits per heavy atom. The van der Waals surface area contributed by atoms with Gasteiger partial charge in [-0.05, 0) is 33.6 Å². The van der Waals surface area contributed by atoms with Gasteiger partial charge in [0.15, 0.2) is 0 Å². The van der Waals surface area contributed by atoms with Crippen LogP contribution in [-0.4, -0.2) is 16.3 Å². The second kappa shape index (κ2) is 3.05. The van der Waals surface area contributed by atoms with E-state index in [9.17, 15) is 0 Å². The number of rotatable bonds is 1. The normalized spacial score (nSPS) is 15.7. The fraction of sp³-hybridized carbons (Fsp3) is 0.700. The lowest BCUT2D eigenvalue weighted by molar-refractivity contribution is 0.532. The first-order chi connectivity index (χ1) is 6.20. The summed E-state index contributed by atoms with van der Waals surface area (Å²) in [5, 5.41) is 7.98. The number of fused-ring (bicyclic) bond motifs is 1. The van der Waals surface area contributed by atoms with Gasteiger partial charge in [-0.25, -0.2) is 4.68 Å². The van der Waals surface area contributed by atoms with Gasteiger partial charge in [0.05, 0.1) is 5.69 Å². The van der Waals surface area contributed by atoms with E-state index in [4.69, 9.17) is 0 Å². The van der Waals surface area contributed by atoms with Crippen molar-refractivity contribution in [3.05, 3.63) is 11.3 Å². The van der Waals surface area contributed by atoms with Crippen LogP contribution in [0.5, 0.6) is 0 Å². The van der Waals surface area contributed by atoms with Crippen molar-refractivity contribution in [3.63, 3.8) is 0 Å². The molecule has 2 rings (SSSR count). The van der Waals surface area contributed by atoms with E-state index in [0.29, 0.717) is 6.04 Å². The first-order valence-corrected chi connectivity index (χ1v) is 5.02. The Bertz CT molecular complexity index is 312. The van der Waals surface area contributed by atoms with Crippen LogP contribution in [0.4, 0.5) is 5.82 Å². The molecule has 1 aromatic rings. The molecule has 1 aromatic heterocycles. The van der Waals surface area contributed by atoms with Gasteiger partial charge in [0, 0.05) is 18.2 Å². The second-order valence-electron chi connectivity index (χ2n) is 3.98. The van der Waals surface area contributed by atoms with Crippen LogP contribution >= 0.6 is 0 Å². The Hall–Kier alpha value is -0.990. The van der Waals surface area contributed by atoms with Crippen LogP contribution in [-0.2, 0) is 6.42 Å². The van der Waals surface area contributed by atoms with Crippen molar-refractivity contribution in [3.8, 4) is 0 Å². The van der Waals surface area contributed by atoms with Crippen molar-refractivity contribution < 1.29 is 0 Å². The number of aryl methyl sites for hydroxylation is 1. The van der Waals surface area contributed by atoms with Gasteiger partial charge in [0.2, 0.25) is 0 Å². The molecule has 0 spiro atoms. The summed E-state index contributed by atoms with van der Waals surface area (Å²) < 4.78 is 2.10. The highest BCUT2D eigenvalue weighted by atomic mass is 15.3. The third-order valence-electron chi connectivity index (χ3n) is 2.59. The van der Waals surface area contributed by atoms with Crippen LogP contribution < -0.4 is 5.32 Å². The maximum Gasteiger partial charge on any atom is 0.128 e. The van der Waals surface area contributed by atoms with Crippen molar-refractivity contribution in [2.45, 2.75) is 39.7 Å². The molecule has 0 aromatic carbocycles. The summed E-state index contributed by atoms with van der Waals surface area (Å²) in [5.41, 5.74) is 2.61. The van der Waals surface area contributed by atoms with E-state index in [1.807, 2.05) is 0 Å². The lowest BCUT2D eigenvalue weighted by Crippen LogP contribution is -2.16. The Morgan fingerprint density at radius 3 is 2.92 bits per heavy atom. The number of hydrogen-bond donors (Lipinski definition) is 1. The van der Waals surface area contributed by atoms with E-state index in [1.165, 1.54) is 29.9 Å². The largest absolute Gasteiger partial charge is 0.370 e. The van der Waals surface area contributed by atoms with Crippen LogP contribution in [0.1, 0.15) is 37.6 Å². The zero-order valence-electron chi connectivity index (χ0n) is 8.59. The first-order valence-electron chi connectivity index (χ1n) is 5.02. The van der Waals surface area contributed by atoms with E-state index < -0.39 is 0 Å². The molecule has 0 amide bonds. The Labute approximate surface area is 79.1 Å². The maximum atomic E-state index is 4.55. The SMILES string of the molecule is Cc1nn(C(C)C)c2c1CCCN2. The van der Waals surface area contributed by atoms with Crippen LogP contribution in [0.25, 0.3) is 0 Å². The van der Waals surface area contributed by atoms with Crippen LogP contribution in [0, 0.1) is 6.92 Å². The summed E-state index contributed by atoms with van der Waals surface area (Å²) in [4.78, 5) is 0. The predicted octanol–water partition coefficient (Wildman–Crippen LogP) is 2.13. The highest BCUT2D eigenvalue weighted by Gasteiger charge is 2.18. The monoisotopic (exact) mass is 179 g/mol. The van der Waals surface area contributed by atoms with E-state index in [2.05, 4.69) is 35.9 Å². The summed E-state index contributed by atoms with van der Waals surface area (Å²) in [6.07, 6.45) is 2.42. The van der Waals surface area contributed by atoms with Gasteiger partial charge < -0.3 is 5.32 Å². The molecule has 1 N–H and O–H groups in total. The fourth-order valence-corrected chi connectivity index (χ4v) is 1.91. The minimum atomic E-state index is 0.452. The van der Waals surface area contributed by atoms with E-state index >= 15 is 0 Å². The summed E-state index contributed by atoms with van der Waals surface area (Å²) in [7, 11) is 0. The van der Waals surface area contributed by atoms with Crippen molar-refractivity contribution >= 4 is 5.82 Å². The van der Waals surface area contributed by atoms with E-state index in [1.54, 1.807) is 0 Å². The summed E-state index contributed by atoms with van der Waals surface area (Å²) in [6.45, 7) is 7.53. The number of nitrogens with one attached hydrogen (secondary N) is 1. The molecule has 0 atom stereocenters. The number of nitrogens with zero attached hydrogens (tertiary/aromatic N) is 2. The fourth-order valence-electron chi connectivity index (χ4n) is 1.91. The predicted molar refractivity (Wildman–Crippen MR) is 54.2 cm³/mol. The Morgan fingerprint density at radius 1 is 1.46 bits per heavy atom. The summed E-state index contributed by atoms with van der Waals surface area (Å²) >= 11 is 0. The molecule has 0 fully saturated rings. The first kappa shape index (κ1) is 8.60. The summed E-state index contributed by atoms with van der Waals surface area (Å²) in [6, 6.07) is 0.452. The van der Waals surface area contributed by atoms with Crippen LogP contribution in [0.15, 0.2) is 0 Å². The molecule has 72 valence electrons. The van der Waals surface area contributed by atoms with Crippen molar-refractivity contribution in [1.82, 2.24) is 9.78 Å². The molecule has 0 saturated carbocycles. The molecule has 0 unspecified atom stereocenters. The lowest BCUT2D eigenvalue weighted by atomic mass is 10.1. The Kier molecular flexibility index (Phi) is 2.02. The highest BCUT2D eigenvalue weighted by Crippen LogP contribution is 2.27. The molecular formula is C10H17N3. The smallest absolute Gasteiger partial charge is 0.128 e. The van der Waals surface area contributed by atoms with Crippen LogP contribution in [0.2, 0.25) is 0 Å². The lowest BCUT2D eigenvalue weighted by Gasteiger charge is -2.18. The average Bonchev–Trinajstić information content (AvgIpc) is 2.45. The van der Waals surface area contributed by atoms with Crippen molar-refractivity contribution in [2.24, 2.45) is 0 Å². The quantitative estimate of drug-likeness (QED) is 0.715. The van der Waals surface area contributed by atoms with Gasteiger partial charge in [0.1, 0.15) is 5.82 Å². The number of aromatic nitrogens is 2. The second-order valence-corrected chi connectivity index (χ2v) is 3.98. The molecule has 1 aliphatic rings. The molecule has 13 heavy (non-hydrogen) atoms. The van der Waals surface area contributed by atoms with Gasteiger partial charge in [-0.1, -0.05) is 0 Å². The molecule has 0 bridgehead atoms. The van der Waals surface area contributed by atoms with Gasteiger partial charge in [-0.2, -0.15) is 5.10 Å². The van der Waals surface area contributed by atoms with Gasteiger partial charge in [0.25, 0.3) is 0 Å². The molecule has 0 saturated heterocycles. The third-order valence-corrected chi connectivity index (χ3v) is 2.59. The van der Waals surface area contributed by atoms with E-state index in [-0.39, 0.29) is 0 Å². The van der Waals surface area contributed by atoms with Gasteiger partial charge >= 0.3 is 0 Å². The van der Waals surface area contributed by atoms with E-state index in [0.717, 1.165) is 6.54 Å². The van der Waals surface area contributed by atoms with Gasteiger partial charge in [-0.15, -0.1) is 0 Å².